The molecule has 3 N–H and O–H groups in total. The summed E-state index contributed by atoms with van der Waals surface area (Å²) in [5.41, 5.74) is 3.58. The average molecular weight is 496 g/mol. The Morgan fingerprint density at radius 2 is 1.79 bits per heavy atom. The SMILES string of the molecule is CCCCCCc1ccsc1-c1nc(C(=N)C=C(N)C(F)(F)F)nc(-c2ccc(F)cc2F)n1. The zero-order chi connectivity index (χ0) is 24.9. The molecule has 34 heavy (non-hydrogen) atoms. The lowest BCUT2D eigenvalue weighted by atomic mass is 10.1. The molecule has 0 amide bonds. The van der Waals surface area contributed by atoms with Crippen LogP contribution in [0.1, 0.15) is 44.0 Å². The monoisotopic (exact) mass is 495 g/mol. The lowest BCUT2D eigenvalue weighted by Gasteiger charge is -2.10. The van der Waals surface area contributed by atoms with Gasteiger partial charge >= 0.3 is 6.18 Å². The van der Waals surface area contributed by atoms with Crippen LogP contribution in [0.15, 0.2) is 41.4 Å². The maximum absolute atomic E-state index is 14.5. The number of unbranched alkanes of at least 4 members (excludes halogenated alkanes) is 3. The van der Waals surface area contributed by atoms with E-state index in [1.165, 1.54) is 11.3 Å². The summed E-state index contributed by atoms with van der Waals surface area (Å²) in [6.45, 7) is 2.10. The molecule has 11 heteroatoms. The van der Waals surface area contributed by atoms with Gasteiger partial charge in [0, 0.05) is 6.07 Å². The standard InChI is InChI=1S/C23H22F5N5S/c1-2-3-4-5-6-13-9-10-34-19(13)22-32-20(15-8-7-14(24)11-16(15)25)31-21(33-22)17(29)12-18(30)23(26,27)28/h7-12,29H,2-6,30H2,1H3. The minimum atomic E-state index is -4.84. The van der Waals surface area contributed by atoms with Crippen LogP contribution in [0.5, 0.6) is 0 Å². The van der Waals surface area contributed by atoms with Gasteiger partial charge in [-0.15, -0.1) is 11.3 Å². The van der Waals surface area contributed by atoms with E-state index in [1.54, 1.807) is 0 Å². The van der Waals surface area contributed by atoms with Gasteiger partial charge in [0.25, 0.3) is 0 Å². The summed E-state index contributed by atoms with van der Waals surface area (Å²) in [6, 6.07) is 4.69. The summed E-state index contributed by atoms with van der Waals surface area (Å²) < 4.78 is 66.4. The van der Waals surface area contributed by atoms with Crippen molar-refractivity contribution in [2.24, 2.45) is 5.73 Å². The summed E-state index contributed by atoms with van der Waals surface area (Å²) in [6.07, 6.45) is 0.419. The van der Waals surface area contributed by atoms with E-state index in [9.17, 15) is 22.0 Å². The first-order valence-electron chi connectivity index (χ1n) is 10.5. The Kier molecular flexibility index (Phi) is 8.08. The molecule has 2 aromatic heterocycles. The number of nitrogens with zero attached hydrogens (tertiary/aromatic N) is 3. The summed E-state index contributed by atoms with van der Waals surface area (Å²) in [7, 11) is 0. The number of nitrogens with two attached hydrogens (primary N) is 1. The number of nitrogens with one attached hydrogen (secondary N) is 1. The van der Waals surface area contributed by atoms with Crippen LogP contribution in [0, 0.1) is 17.0 Å². The number of aryl methyl sites for hydroxylation is 1. The second-order valence-corrected chi connectivity index (χ2v) is 8.44. The number of benzene rings is 1. The van der Waals surface area contributed by atoms with Crippen LogP contribution in [0.4, 0.5) is 22.0 Å². The third-order valence-corrected chi connectivity index (χ3v) is 5.88. The predicted octanol–water partition coefficient (Wildman–Crippen LogP) is 6.44. The molecule has 3 rings (SSSR count). The lowest BCUT2D eigenvalue weighted by molar-refractivity contribution is -0.0925. The topological polar surface area (TPSA) is 88.5 Å². The fourth-order valence-corrected chi connectivity index (χ4v) is 4.05. The first kappa shape index (κ1) is 25.4. The normalized spacial score (nSPS) is 12.2. The molecule has 0 radical (unpaired) electrons. The lowest BCUT2D eigenvalue weighted by Crippen LogP contribution is -2.21. The molecule has 0 saturated heterocycles. The highest BCUT2D eigenvalue weighted by atomic mass is 32.1. The molecular formula is C23H22F5N5S. The third kappa shape index (κ3) is 6.22. The van der Waals surface area contributed by atoms with Crippen molar-refractivity contribution in [1.82, 2.24) is 15.0 Å². The van der Waals surface area contributed by atoms with Gasteiger partial charge in [0.05, 0.1) is 10.4 Å². The number of hydrogen-bond acceptors (Lipinski definition) is 6. The number of thiophene rings is 1. The Balaban J connectivity index is 2.09. The molecular weight excluding hydrogens is 473 g/mol. The van der Waals surface area contributed by atoms with Gasteiger partial charge in [-0.3, -0.25) is 5.41 Å². The van der Waals surface area contributed by atoms with E-state index in [1.807, 2.05) is 11.4 Å². The van der Waals surface area contributed by atoms with Crippen molar-refractivity contribution in [3.63, 3.8) is 0 Å². The van der Waals surface area contributed by atoms with Crippen LogP contribution in [-0.2, 0) is 6.42 Å². The highest BCUT2D eigenvalue weighted by Gasteiger charge is 2.32. The van der Waals surface area contributed by atoms with Crippen molar-refractivity contribution in [3.8, 4) is 22.1 Å². The first-order chi connectivity index (χ1) is 16.1. The van der Waals surface area contributed by atoms with E-state index in [0.717, 1.165) is 49.8 Å². The van der Waals surface area contributed by atoms with Gasteiger partial charge in [-0.1, -0.05) is 26.2 Å². The Hall–Kier alpha value is -3.21. The molecule has 0 bridgehead atoms. The molecule has 0 aliphatic rings. The van der Waals surface area contributed by atoms with E-state index >= 15 is 0 Å². The van der Waals surface area contributed by atoms with Crippen LogP contribution in [0.2, 0.25) is 0 Å². The number of aromatic nitrogens is 3. The molecule has 0 spiro atoms. The van der Waals surface area contributed by atoms with Crippen LogP contribution in [-0.4, -0.2) is 26.8 Å². The van der Waals surface area contributed by atoms with Gasteiger partial charge in [-0.25, -0.2) is 23.7 Å². The van der Waals surface area contributed by atoms with E-state index in [4.69, 9.17) is 11.1 Å². The maximum Gasteiger partial charge on any atom is 0.430 e. The van der Waals surface area contributed by atoms with E-state index in [-0.39, 0.29) is 17.2 Å². The Morgan fingerprint density at radius 1 is 1.06 bits per heavy atom. The quantitative estimate of drug-likeness (QED) is 0.203. The van der Waals surface area contributed by atoms with Gasteiger partial charge in [-0.05, 0) is 48.1 Å². The minimum absolute atomic E-state index is 0.0907. The molecule has 2 heterocycles. The molecule has 0 aliphatic carbocycles. The predicted molar refractivity (Wildman–Crippen MR) is 121 cm³/mol. The first-order valence-corrected chi connectivity index (χ1v) is 11.4. The fourth-order valence-electron chi connectivity index (χ4n) is 3.16. The molecule has 0 atom stereocenters. The van der Waals surface area contributed by atoms with E-state index < -0.39 is 35.0 Å². The summed E-state index contributed by atoms with van der Waals surface area (Å²) >= 11 is 1.32. The van der Waals surface area contributed by atoms with E-state index in [2.05, 4.69) is 21.9 Å². The molecule has 5 nitrogen and oxygen atoms in total. The molecule has 0 saturated carbocycles. The van der Waals surface area contributed by atoms with Gasteiger partial charge in [0.15, 0.2) is 17.5 Å². The molecule has 0 unspecified atom stereocenters. The zero-order valence-electron chi connectivity index (χ0n) is 18.2. The highest BCUT2D eigenvalue weighted by Crippen LogP contribution is 2.31. The van der Waals surface area contributed by atoms with Gasteiger partial charge < -0.3 is 5.73 Å². The third-order valence-electron chi connectivity index (χ3n) is 4.93. The van der Waals surface area contributed by atoms with Crippen molar-refractivity contribution in [3.05, 3.63) is 64.4 Å². The van der Waals surface area contributed by atoms with Gasteiger partial charge in [0.2, 0.25) is 0 Å². The second kappa shape index (κ2) is 10.8. The Morgan fingerprint density at radius 3 is 2.47 bits per heavy atom. The van der Waals surface area contributed by atoms with Crippen molar-refractivity contribution < 1.29 is 22.0 Å². The smallest absolute Gasteiger partial charge is 0.395 e. The minimum Gasteiger partial charge on any atom is -0.395 e. The maximum atomic E-state index is 14.5. The van der Waals surface area contributed by atoms with E-state index in [0.29, 0.717) is 17.0 Å². The van der Waals surface area contributed by atoms with Gasteiger partial charge in [-0.2, -0.15) is 13.2 Å². The largest absolute Gasteiger partial charge is 0.430 e. The summed E-state index contributed by atoms with van der Waals surface area (Å²) in [4.78, 5) is 13.1. The van der Waals surface area contributed by atoms with Crippen molar-refractivity contribution >= 4 is 17.0 Å². The Labute approximate surface area is 197 Å². The van der Waals surface area contributed by atoms with Crippen LogP contribution >= 0.6 is 11.3 Å². The Bertz CT molecular complexity index is 1200. The number of halogens is 5. The molecule has 0 aliphatic heterocycles. The zero-order valence-corrected chi connectivity index (χ0v) is 19.0. The summed E-state index contributed by atoms with van der Waals surface area (Å²) in [5.74, 6) is -2.32. The molecule has 1 aromatic carbocycles. The second-order valence-electron chi connectivity index (χ2n) is 7.53. The molecule has 3 aromatic rings. The van der Waals surface area contributed by atoms with Gasteiger partial charge in [0.1, 0.15) is 23.0 Å². The van der Waals surface area contributed by atoms with Crippen LogP contribution < -0.4 is 5.73 Å². The molecule has 180 valence electrons. The van der Waals surface area contributed by atoms with Crippen LogP contribution in [0.3, 0.4) is 0 Å². The summed E-state index contributed by atoms with van der Waals surface area (Å²) in [5, 5.41) is 9.89. The number of allylic oxidation sites excluding steroid dienone is 2. The van der Waals surface area contributed by atoms with Crippen molar-refractivity contribution in [2.45, 2.75) is 45.2 Å². The average Bonchev–Trinajstić information content (AvgIpc) is 3.24. The van der Waals surface area contributed by atoms with Crippen molar-refractivity contribution in [1.29, 1.82) is 5.41 Å². The van der Waals surface area contributed by atoms with Crippen LogP contribution in [0.25, 0.3) is 22.1 Å². The van der Waals surface area contributed by atoms with Crippen molar-refractivity contribution in [2.75, 3.05) is 0 Å². The number of rotatable bonds is 9. The highest BCUT2D eigenvalue weighted by molar-refractivity contribution is 7.13. The fraction of sp³-hybridized carbons (Fsp3) is 0.304. The molecule has 0 fully saturated rings. The number of hydrogen-bond donors (Lipinski definition) is 2. The number of alkyl halides is 3.